The molecule has 0 atom stereocenters. The fraction of sp³-hybridized carbons (Fsp3) is 0.0286. The van der Waals surface area contributed by atoms with Gasteiger partial charge in [0, 0.05) is 85.9 Å². The summed E-state index contributed by atoms with van der Waals surface area (Å²) in [7, 11) is 0. The van der Waals surface area contributed by atoms with Crippen LogP contribution in [0.3, 0.4) is 0 Å². The molecule has 0 unspecified atom stereocenters. The topological polar surface area (TPSA) is 106 Å². The van der Waals surface area contributed by atoms with Crippen LogP contribution in [0.15, 0.2) is 107 Å². The molecular formula is C35H22I2N2Ni2O4. The molecule has 4 N–H and O–H groups in total. The summed E-state index contributed by atoms with van der Waals surface area (Å²) in [6.45, 7) is 0. The summed E-state index contributed by atoms with van der Waals surface area (Å²) in [5.41, 5.74) is 3.09. The van der Waals surface area contributed by atoms with Gasteiger partial charge in [-0.1, -0.05) is 72.8 Å². The molecular weight excluding hydrogens is 884 g/mol. The van der Waals surface area contributed by atoms with Crippen molar-refractivity contribution in [3.05, 3.63) is 126 Å². The third kappa shape index (κ3) is 5.39. The van der Waals surface area contributed by atoms with E-state index in [-0.39, 0.29) is 56.0 Å². The van der Waals surface area contributed by atoms with Gasteiger partial charge in [-0.05, 0) is 91.0 Å². The van der Waals surface area contributed by atoms with E-state index in [1.54, 1.807) is 12.4 Å². The molecule has 10 heteroatoms. The Balaban J connectivity index is 0.00000200. The predicted molar refractivity (Wildman–Crippen MR) is 188 cm³/mol. The molecule has 0 aromatic heterocycles. The van der Waals surface area contributed by atoms with Gasteiger partial charge < -0.3 is 20.4 Å². The Bertz CT molecular complexity index is 2030. The first-order valence-corrected chi connectivity index (χ1v) is 15.5. The van der Waals surface area contributed by atoms with E-state index in [0.717, 1.165) is 50.9 Å². The Hall–Kier alpha value is -3.17. The van der Waals surface area contributed by atoms with Crippen LogP contribution in [0, 0.1) is 7.14 Å². The summed E-state index contributed by atoms with van der Waals surface area (Å²) in [4.78, 5) is 10.3. The normalized spacial score (nSPS) is 13.1. The number of rotatable bonds is 4. The van der Waals surface area contributed by atoms with Gasteiger partial charge in [0.1, 0.15) is 0 Å². The number of aromatic hydroxyl groups is 4. The van der Waals surface area contributed by atoms with Crippen LogP contribution in [0.5, 0.6) is 23.0 Å². The van der Waals surface area contributed by atoms with Crippen LogP contribution in [0.4, 0.5) is 0 Å². The molecule has 0 bridgehead atoms. The smallest absolute Gasteiger partial charge is 0.202 e. The number of aliphatic imine (C=N–C) groups is 2. The van der Waals surface area contributed by atoms with Gasteiger partial charge in [-0.25, -0.2) is 0 Å². The quantitative estimate of drug-likeness (QED) is 0.0618. The van der Waals surface area contributed by atoms with E-state index >= 15 is 0 Å². The Morgan fingerprint density at radius 1 is 0.533 bits per heavy atom. The van der Waals surface area contributed by atoms with Gasteiger partial charge in [0.15, 0.2) is 23.0 Å². The van der Waals surface area contributed by atoms with Crippen LogP contribution in [0.1, 0.15) is 22.3 Å². The average Bonchev–Trinajstić information content (AvgIpc) is 3.29. The SMILES string of the molecule is Oc1cc2ccccc2c(/C=N/C2(/N=C/c3c(O)c(O)cc4ccccc34)c3cccc(I)c3-c3c(I)cccc32)c1O.[Ni].[Ni]. The molecule has 7 rings (SSSR count). The van der Waals surface area contributed by atoms with Crippen molar-refractivity contribution in [2.24, 2.45) is 9.98 Å². The molecule has 6 aromatic rings. The van der Waals surface area contributed by atoms with Crippen molar-refractivity contribution >= 4 is 79.2 Å². The molecule has 0 saturated carbocycles. The maximum atomic E-state index is 11.0. The van der Waals surface area contributed by atoms with Crippen LogP contribution in [0.25, 0.3) is 32.7 Å². The predicted octanol–water partition coefficient (Wildman–Crippen LogP) is 8.44. The van der Waals surface area contributed by atoms with Gasteiger partial charge in [-0.3, -0.25) is 9.98 Å². The van der Waals surface area contributed by atoms with E-state index in [0.29, 0.717) is 11.1 Å². The fourth-order valence-electron chi connectivity index (χ4n) is 5.87. The van der Waals surface area contributed by atoms with Crippen LogP contribution in [-0.4, -0.2) is 32.9 Å². The average molecular weight is 906 g/mol. The van der Waals surface area contributed by atoms with Crippen molar-refractivity contribution in [1.82, 2.24) is 0 Å². The minimum absolute atomic E-state index is 0. The molecule has 0 spiro atoms. The van der Waals surface area contributed by atoms with Crippen molar-refractivity contribution in [1.29, 1.82) is 0 Å². The first-order chi connectivity index (χ1) is 20.8. The molecule has 0 fully saturated rings. The number of nitrogens with zero attached hydrogens (tertiary/aromatic N) is 2. The van der Waals surface area contributed by atoms with Crippen LogP contribution in [0.2, 0.25) is 0 Å². The van der Waals surface area contributed by atoms with Crippen LogP contribution < -0.4 is 0 Å². The summed E-state index contributed by atoms with van der Waals surface area (Å²) >= 11 is 4.65. The van der Waals surface area contributed by atoms with E-state index in [9.17, 15) is 20.4 Å². The second-order valence-electron chi connectivity index (χ2n) is 10.3. The van der Waals surface area contributed by atoms with Crippen molar-refractivity contribution in [3.8, 4) is 34.1 Å². The zero-order valence-electron chi connectivity index (χ0n) is 23.0. The zero-order chi connectivity index (χ0) is 29.9. The molecule has 6 nitrogen and oxygen atoms in total. The number of hydrogen-bond acceptors (Lipinski definition) is 6. The van der Waals surface area contributed by atoms with Crippen molar-refractivity contribution in [2.45, 2.75) is 5.66 Å². The zero-order valence-corrected chi connectivity index (χ0v) is 29.3. The van der Waals surface area contributed by atoms with Crippen molar-refractivity contribution < 1.29 is 53.4 Å². The number of halogens is 2. The van der Waals surface area contributed by atoms with E-state index in [2.05, 4.69) is 45.2 Å². The molecule has 0 amide bonds. The van der Waals surface area contributed by atoms with E-state index < -0.39 is 5.66 Å². The second kappa shape index (κ2) is 12.9. The molecule has 0 radical (unpaired) electrons. The van der Waals surface area contributed by atoms with Gasteiger partial charge in [-0.15, -0.1) is 0 Å². The Morgan fingerprint density at radius 2 is 0.933 bits per heavy atom. The van der Waals surface area contributed by atoms with E-state index in [1.807, 2.05) is 84.9 Å². The minimum Gasteiger partial charge on any atom is -0.504 e. The van der Waals surface area contributed by atoms with Gasteiger partial charge in [0.2, 0.25) is 5.66 Å². The Labute approximate surface area is 306 Å². The second-order valence-corrected chi connectivity index (χ2v) is 12.6. The molecule has 0 heterocycles. The molecule has 45 heavy (non-hydrogen) atoms. The third-order valence-electron chi connectivity index (χ3n) is 7.87. The summed E-state index contributed by atoms with van der Waals surface area (Å²) in [6, 6.07) is 29.9. The molecule has 6 aromatic carbocycles. The number of phenolic OH excluding ortho intramolecular Hbond substituents is 4. The van der Waals surface area contributed by atoms with Gasteiger partial charge in [-0.2, -0.15) is 0 Å². The van der Waals surface area contributed by atoms with Crippen LogP contribution in [-0.2, 0) is 38.6 Å². The Kier molecular flexibility index (Phi) is 9.52. The summed E-state index contributed by atoms with van der Waals surface area (Å²) in [5, 5.41) is 46.0. The molecule has 230 valence electrons. The molecule has 1 aliphatic carbocycles. The Morgan fingerprint density at radius 3 is 1.36 bits per heavy atom. The number of fused-ring (bicyclic) bond motifs is 5. The van der Waals surface area contributed by atoms with E-state index in [4.69, 9.17) is 9.98 Å². The first-order valence-electron chi connectivity index (χ1n) is 13.4. The molecule has 1 aliphatic rings. The van der Waals surface area contributed by atoms with Crippen molar-refractivity contribution in [3.63, 3.8) is 0 Å². The first kappa shape index (κ1) is 33.2. The number of hydrogen-bond donors (Lipinski definition) is 4. The largest absolute Gasteiger partial charge is 0.504 e. The summed E-state index contributed by atoms with van der Waals surface area (Å²) in [5.74, 6) is -1.04. The number of benzene rings is 6. The monoisotopic (exact) mass is 904 g/mol. The maximum Gasteiger partial charge on any atom is 0.202 e. The maximum absolute atomic E-state index is 11.0. The molecule has 0 aliphatic heterocycles. The van der Waals surface area contributed by atoms with Gasteiger partial charge in [0.25, 0.3) is 0 Å². The van der Waals surface area contributed by atoms with Crippen molar-refractivity contribution in [2.75, 3.05) is 0 Å². The van der Waals surface area contributed by atoms with Gasteiger partial charge >= 0.3 is 0 Å². The molecule has 0 saturated heterocycles. The van der Waals surface area contributed by atoms with E-state index in [1.165, 1.54) is 12.1 Å². The third-order valence-corrected chi connectivity index (χ3v) is 9.67. The summed E-state index contributed by atoms with van der Waals surface area (Å²) in [6.07, 6.45) is 3.13. The summed E-state index contributed by atoms with van der Waals surface area (Å²) < 4.78 is 2.06. The number of phenols is 4. The van der Waals surface area contributed by atoms with Gasteiger partial charge in [0.05, 0.1) is 0 Å². The standard InChI is InChI=1S/C35H22I2N2O4.2Ni/c36-27-13-5-11-25-31(27)32-26(12-6-14-28(32)37)35(25,38-17-23-21-9-3-1-7-19(21)15-29(40)33(23)42)39-18-24-22-10-4-2-8-20(22)16-30(41)34(24)43;;/h1-18,40-43H;;/b38-17+,39-18+;;. The fourth-order valence-corrected chi connectivity index (χ4v) is 7.41. The van der Waals surface area contributed by atoms with Crippen LogP contribution >= 0.6 is 45.2 Å². The minimum atomic E-state index is -1.31.